The summed E-state index contributed by atoms with van der Waals surface area (Å²) in [7, 11) is 0. The van der Waals surface area contributed by atoms with E-state index in [1.165, 1.54) is 0 Å². The van der Waals surface area contributed by atoms with E-state index < -0.39 is 0 Å². The van der Waals surface area contributed by atoms with Crippen LogP contribution in [0.2, 0.25) is 10.0 Å². The number of rotatable bonds is 5. The van der Waals surface area contributed by atoms with Crippen molar-refractivity contribution in [3.63, 3.8) is 0 Å². The Labute approximate surface area is 158 Å². The second-order valence-electron chi connectivity index (χ2n) is 5.58. The van der Waals surface area contributed by atoms with Gasteiger partial charge in [-0.25, -0.2) is 5.43 Å². The minimum atomic E-state index is 0.306. The average Bonchev–Trinajstić information content (AvgIpc) is 3.27. The van der Waals surface area contributed by atoms with Crippen molar-refractivity contribution >= 4 is 46.3 Å². The summed E-state index contributed by atoms with van der Waals surface area (Å²) in [6.45, 7) is 0.670. The SMILES string of the molecule is Clc1ccc(Cn2cc(/C=N/Nc3nn[nH]n3)c3ccccc32)cc1Cl. The number of hydrazone groups is 1. The molecule has 2 aromatic carbocycles. The molecule has 9 heteroatoms. The second-order valence-corrected chi connectivity index (χ2v) is 6.40. The molecule has 0 atom stereocenters. The first-order chi connectivity index (χ1) is 12.7. The van der Waals surface area contributed by atoms with E-state index in [0.29, 0.717) is 22.5 Å². The van der Waals surface area contributed by atoms with Gasteiger partial charge in [0.15, 0.2) is 0 Å². The standard InChI is InChI=1S/C17H13Cl2N7/c18-14-6-5-11(7-15(14)19)9-26-10-12(13-3-1-2-4-16(13)26)8-20-21-17-22-24-25-23-17/h1-8,10H,9H2,(H2,21,22,23,24,25)/b20-8+. The Bertz CT molecular complexity index is 1070. The average molecular weight is 386 g/mol. The molecule has 0 fully saturated rings. The zero-order valence-electron chi connectivity index (χ0n) is 13.4. The molecule has 0 aliphatic heterocycles. The number of halogens is 2. The van der Waals surface area contributed by atoms with Crippen LogP contribution in [0.4, 0.5) is 5.95 Å². The van der Waals surface area contributed by atoms with E-state index in [1.807, 2.05) is 36.5 Å². The number of para-hydroxylation sites is 1. The minimum Gasteiger partial charge on any atom is -0.342 e. The molecule has 0 saturated heterocycles. The molecule has 0 saturated carbocycles. The lowest BCUT2D eigenvalue weighted by Gasteiger charge is -2.06. The van der Waals surface area contributed by atoms with Crippen LogP contribution in [0.25, 0.3) is 10.9 Å². The van der Waals surface area contributed by atoms with Gasteiger partial charge in [-0.05, 0) is 29.0 Å². The number of nitrogens with one attached hydrogen (secondary N) is 2. The van der Waals surface area contributed by atoms with Crippen molar-refractivity contribution in [2.24, 2.45) is 5.10 Å². The van der Waals surface area contributed by atoms with Crippen molar-refractivity contribution in [1.82, 2.24) is 25.2 Å². The predicted octanol–water partition coefficient (Wildman–Crippen LogP) is 3.96. The van der Waals surface area contributed by atoms with Gasteiger partial charge in [0.2, 0.25) is 0 Å². The maximum absolute atomic E-state index is 6.13. The number of fused-ring (bicyclic) bond motifs is 1. The molecule has 2 aromatic heterocycles. The van der Waals surface area contributed by atoms with Crippen molar-refractivity contribution in [2.75, 3.05) is 5.43 Å². The highest BCUT2D eigenvalue weighted by Crippen LogP contribution is 2.25. The van der Waals surface area contributed by atoms with Crippen LogP contribution < -0.4 is 5.43 Å². The number of tetrazole rings is 1. The Morgan fingerprint density at radius 3 is 2.85 bits per heavy atom. The summed E-state index contributed by atoms with van der Waals surface area (Å²) in [6, 6.07) is 13.8. The van der Waals surface area contributed by atoms with Gasteiger partial charge in [-0.3, -0.25) is 0 Å². The molecular formula is C17H13Cl2N7. The van der Waals surface area contributed by atoms with Crippen LogP contribution in [-0.4, -0.2) is 31.4 Å². The van der Waals surface area contributed by atoms with Gasteiger partial charge < -0.3 is 4.57 Å². The van der Waals surface area contributed by atoms with E-state index in [1.54, 1.807) is 6.21 Å². The van der Waals surface area contributed by atoms with Gasteiger partial charge in [-0.15, -0.1) is 5.10 Å². The highest BCUT2D eigenvalue weighted by atomic mass is 35.5. The first kappa shape index (κ1) is 16.6. The number of nitrogens with zero attached hydrogens (tertiary/aromatic N) is 5. The lowest BCUT2D eigenvalue weighted by molar-refractivity contribution is 0.836. The summed E-state index contributed by atoms with van der Waals surface area (Å²) in [6.07, 6.45) is 3.76. The molecule has 0 aliphatic carbocycles. The van der Waals surface area contributed by atoms with Crippen LogP contribution in [0.15, 0.2) is 53.8 Å². The summed E-state index contributed by atoms with van der Waals surface area (Å²) in [5.74, 6) is 0.306. The molecule has 2 heterocycles. The third-order valence-corrected chi connectivity index (χ3v) is 4.61. The van der Waals surface area contributed by atoms with Gasteiger partial charge in [0.1, 0.15) is 0 Å². The molecule has 0 spiro atoms. The quantitative estimate of drug-likeness (QED) is 0.402. The molecule has 0 amide bonds. The van der Waals surface area contributed by atoms with Gasteiger partial charge >= 0.3 is 0 Å². The number of hydrogen-bond acceptors (Lipinski definition) is 5. The van der Waals surface area contributed by atoms with E-state index in [0.717, 1.165) is 22.0 Å². The fourth-order valence-corrected chi connectivity index (χ4v) is 3.03. The lowest BCUT2D eigenvalue weighted by atomic mass is 10.2. The number of hydrogen-bond donors (Lipinski definition) is 2. The Balaban J connectivity index is 1.65. The van der Waals surface area contributed by atoms with Gasteiger partial charge in [-0.2, -0.15) is 10.3 Å². The van der Waals surface area contributed by atoms with Crippen LogP contribution in [-0.2, 0) is 6.54 Å². The largest absolute Gasteiger partial charge is 0.342 e. The zero-order valence-corrected chi connectivity index (χ0v) is 14.9. The third kappa shape index (κ3) is 3.40. The van der Waals surface area contributed by atoms with Crippen molar-refractivity contribution in [1.29, 1.82) is 0 Å². The van der Waals surface area contributed by atoms with Gasteiger partial charge in [0.05, 0.1) is 16.3 Å². The third-order valence-electron chi connectivity index (χ3n) is 3.87. The van der Waals surface area contributed by atoms with E-state index in [9.17, 15) is 0 Å². The van der Waals surface area contributed by atoms with Crippen LogP contribution in [0.3, 0.4) is 0 Å². The highest BCUT2D eigenvalue weighted by molar-refractivity contribution is 6.42. The molecule has 0 unspecified atom stereocenters. The van der Waals surface area contributed by atoms with E-state index in [-0.39, 0.29) is 0 Å². The molecule has 26 heavy (non-hydrogen) atoms. The molecule has 7 nitrogen and oxygen atoms in total. The minimum absolute atomic E-state index is 0.306. The summed E-state index contributed by atoms with van der Waals surface area (Å²) >= 11 is 12.1. The first-order valence-corrected chi connectivity index (χ1v) is 8.50. The summed E-state index contributed by atoms with van der Waals surface area (Å²) in [4.78, 5) is 0. The maximum Gasteiger partial charge on any atom is 0.283 e. The normalized spacial score (nSPS) is 11.5. The molecule has 4 aromatic rings. The highest BCUT2D eigenvalue weighted by Gasteiger charge is 2.08. The molecule has 2 N–H and O–H groups in total. The lowest BCUT2D eigenvalue weighted by Crippen LogP contribution is -1.98. The van der Waals surface area contributed by atoms with E-state index in [4.69, 9.17) is 23.2 Å². The van der Waals surface area contributed by atoms with Gasteiger partial charge in [-0.1, -0.05) is 52.6 Å². The Hall–Kier alpha value is -2.90. The van der Waals surface area contributed by atoms with Crippen LogP contribution >= 0.6 is 23.2 Å². The maximum atomic E-state index is 6.13. The van der Waals surface area contributed by atoms with Crippen LogP contribution in [0, 0.1) is 0 Å². The Kier molecular flexibility index (Phi) is 4.55. The molecule has 0 radical (unpaired) electrons. The van der Waals surface area contributed by atoms with Crippen molar-refractivity contribution in [3.05, 3.63) is 69.8 Å². The molecule has 0 aliphatic rings. The molecule has 130 valence electrons. The monoisotopic (exact) mass is 385 g/mol. The summed E-state index contributed by atoms with van der Waals surface area (Å²) in [5.41, 5.74) is 5.85. The topological polar surface area (TPSA) is 83.8 Å². The smallest absolute Gasteiger partial charge is 0.283 e. The zero-order chi connectivity index (χ0) is 17.9. The van der Waals surface area contributed by atoms with Crippen molar-refractivity contribution < 1.29 is 0 Å². The predicted molar refractivity (Wildman–Crippen MR) is 103 cm³/mol. The number of aromatic amines is 1. The van der Waals surface area contributed by atoms with Crippen LogP contribution in [0.5, 0.6) is 0 Å². The van der Waals surface area contributed by atoms with Crippen molar-refractivity contribution in [3.8, 4) is 0 Å². The molecule has 4 rings (SSSR count). The number of anilines is 1. The van der Waals surface area contributed by atoms with E-state index >= 15 is 0 Å². The van der Waals surface area contributed by atoms with E-state index in [2.05, 4.69) is 47.9 Å². The number of H-pyrrole nitrogens is 1. The van der Waals surface area contributed by atoms with Gasteiger partial charge in [0, 0.05) is 29.2 Å². The number of aromatic nitrogens is 5. The van der Waals surface area contributed by atoms with Crippen LogP contribution in [0.1, 0.15) is 11.1 Å². The molecular weight excluding hydrogens is 373 g/mol. The summed E-state index contributed by atoms with van der Waals surface area (Å²) < 4.78 is 2.14. The fraction of sp³-hybridized carbons (Fsp3) is 0.0588. The molecule has 0 bridgehead atoms. The fourth-order valence-electron chi connectivity index (χ4n) is 2.71. The Morgan fingerprint density at radius 1 is 1.15 bits per heavy atom. The van der Waals surface area contributed by atoms with Gasteiger partial charge in [0.25, 0.3) is 5.95 Å². The summed E-state index contributed by atoms with van der Waals surface area (Å²) in [5, 5.41) is 19.7. The Morgan fingerprint density at radius 2 is 2.04 bits per heavy atom. The second kappa shape index (κ2) is 7.15. The first-order valence-electron chi connectivity index (χ1n) is 7.75. The number of benzene rings is 2. The van der Waals surface area contributed by atoms with Crippen molar-refractivity contribution in [2.45, 2.75) is 6.54 Å².